The van der Waals surface area contributed by atoms with Crippen molar-refractivity contribution in [3.63, 3.8) is 0 Å². The number of hydrogen-bond acceptors (Lipinski definition) is 5. The molecule has 0 saturated carbocycles. The number of carbonyl (C=O) groups is 1. The fourth-order valence-electron chi connectivity index (χ4n) is 2.73. The summed E-state index contributed by atoms with van der Waals surface area (Å²) >= 11 is 0. The smallest absolute Gasteiger partial charge is 0.222 e. The van der Waals surface area contributed by atoms with Gasteiger partial charge in [0.15, 0.2) is 5.78 Å². The molecule has 2 aliphatic rings. The first-order chi connectivity index (χ1) is 9.22. The zero-order valence-corrected chi connectivity index (χ0v) is 11.2. The molecule has 0 amide bonds. The zero-order chi connectivity index (χ0) is 13.2. The molecular weight excluding hydrogens is 242 g/mol. The van der Waals surface area contributed by atoms with Gasteiger partial charge in [-0.15, -0.1) is 0 Å². The van der Waals surface area contributed by atoms with Crippen molar-refractivity contribution in [1.82, 2.24) is 9.97 Å². The van der Waals surface area contributed by atoms with E-state index in [2.05, 4.69) is 22.2 Å². The standard InChI is InChI=1S/C14H19N3O2/c1-9-5-12-11(13(18)6-9)8-16-14(17-12)15-7-10-3-2-4-19-10/h8-10H,2-7H2,1H3,(H,15,16,17)/t9-,10+/m1/s1. The summed E-state index contributed by atoms with van der Waals surface area (Å²) in [5.74, 6) is 1.15. The summed E-state index contributed by atoms with van der Waals surface area (Å²) in [6.45, 7) is 3.67. The topological polar surface area (TPSA) is 64.1 Å². The van der Waals surface area contributed by atoms with E-state index in [9.17, 15) is 4.79 Å². The van der Waals surface area contributed by atoms with E-state index in [1.54, 1.807) is 6.20 Å². The van der Waals surface area contributed by atoms with Crippen LogP contribution >= 0.6 is 0 Å². The first kappa shape index (κ1) is 12.5. The van der Waals surface area contributed by atoms with Gasteiger partial charge in [0.1, 0.15) is 0 Å². The van der Waals surface area contributed by atoms with Crippen LogP contribution < -0.4 is 5.32 Å². The third-order valence-corrected chi connectivity index (χ3v) is 3.76. The fourth-order valence-corrected chi connectivity index (χ4v) is 2.73. The second-order valence-electron chi connectivity index (χ2n) is 5.51. The lowest BCUT2D eigenvalue weighted by Crippen LogP contribution is -2.23. The number of rotatable bonds is 3. The molecule has 0 spiro atoms. The number of carbonyl (C=O) groups excluding carboxylic acids is 1. The average Bonchev–Trinajstić information content (AvgIpc) is 2.88. The highest BCUT2D eigenvalue weighted by Gasteiger charge is 2.24. The predicted octanol–water partition coefficient (Wildman–Crippen LogP) is 1.83. The Kier molecular flexibility index (Phi) is 3.46. The Hall–Kier alpha value is -1.49. The van der Waals surface area contributed by atoms with Crippen LogP contribution in [0.5, 0.6) is 0 Å². The number of anilines is 1. The van der Waals surface area contributed by atoms with Crippen LogP contribution in [0.15, 0.2) is 6.20 Å². The Labute approximate surface area is 112 Å². The molecule has 102 valence electrons. The Balaban J connectivity index is 1.70. The van der Waals surface area contributed by atoms with Crippen LogP contribution in [-0.4, -0.2) is 35.0 Å². The van der Waals surface area contributed by atoms with Gasteiger partial charge in [0.25, 0.3) is 0 Å². The van der Waals surface area contributed by atoms with Crippen molar-refractivity contribution in [3.05, 3.63) is 17.5 Å². The molecule has 19 heavy (non-hydrogen) atoms. The maximum Gasteiger partial charge on any atom is 0.222 e. The highest BCUT2D eigenvalue weighted by Crippen LogP contribution is 2.24. The molecule has 5 heteroatoms. The molecule has 0 aromatic carbocycles. The molecule has 3 rings (SSSR count). The van der Waals surface area contributed by atoms with E-state index in [4.69, 9.17) is 4.74 Å². The Morgan fingerprint density at radius 1 is 1.47 bits per heavy atom. The minimum Gasteiger partial charge on any atom is -0.376 e. The monoisotopic (exact) mass is 261 g/mol. The van der Waals surface area contributed by atoms with Crippen molar-refractivity contribution in [3.8, 4) is 0 Å². The zero-order valence-electron chi connectivity index (χ0n) is 11.2. The second-order valence-corrected chi connectivity index (χ2v) is 5.51. The largest absolute Gasteiger partial charge is 0.376 e. The van der Waals surface area contributed by atoms with E-state index in [-0.39, 0.29) is 11.9 Å². The van der Waals surface area contributed by atoms with Crippen molar-refractivity contribution < 1.29 is 9.53 Å². The van der Waals surface area contributed by atoms with Crippen molar-refractivity contribution in [2.45, 2.75) is 38.7 Å². The average molecular weight is 261 g/mol. The number of nitrogens with one attached hydrogen (secondary N) is 1. The molecule has 0 radical (unpaired) electrons. The van der Waals surface area contributed by atoms with Gasteiger partial charge >= 0.3 is 0 Å². The van der Waals surface area contributed by atoms with Gasteiger partial charge < -0.3 is 10.1 Å². The number of aromatic nitrogens is 2. The van der Waals surface area contributed by atoms with E-state index >= 15 is 0 Å². The summed E-state index contributed by atoms with van der Waals surface area (Å²) in [6, 6.07) is 0. The van der Waals surface area contributed by atoms with Crippen molar-refractivity contribution in [2.24, 2.45) is 5.92 Å². The van der Waals surface area contributed by atoms with Crippen LogP contribution in [0.2, 0.25) is 0 Å². The van der Waals surface area contributed by atoms with Gasteiger partial charge in [-0.2, -0.15) is 0 Å². The molecule has 1 aliphatic heterocycles. The molecular formula is C14H19N3O2. The quantitative estimate of drug-likeness (QED) is 0.899. The summed E-state index contributed by atoms with van der Waals surface area (Å²) in [4.78, 5) is 20.6. The van der Waals surface area contributed by atoms with Gasteiger partial charge in [0.05, 0.1) is 17.4 Å². The van der Waals surface area contributed by atoms with E-state index in [0.29, 0.717) is 23.9 Å². The number of hydrogen-bond donors (Lipinski definition) is 1. The van der Waals surface area contributed by atoms with Crippen LogP contribution in [0, 0.1) is 5.92 Å². The van der Waals surface area contributed by atoms with Crippen LogP contribution in [-0.2, 0) is 11.2 Å². The Morgan fingerprint density at radius 3 is 3.16 bits per heavy atom. The molecule has 2 atom stereocenters. The first-order valence-electron chi connectivity index (χ1n) is 6.97. The first-order valence-corrected chi connectivity index (χ1v) is 6.97. The maximum absolute atomic E-state index is 11.9. The lowest BCUT2D eigenvalue weighted by molar-refractivity contribution is 0.0951. The molecule has 1 N–H and O–H groups in total. The fraction of sp³-hybridized carbons (Fsp3) is 0.643. The van der Waals surface area contributed by atoms with Gasteiger partial charge in [-0.25, -0.2) is 9.97 Å². The molecule has 1 aromatic heterocycles. The predicted molar refractivity (Wildman–Crippen MR) is 71.3 cm³/mol. The Bertz CT molecular complexity index is 484. The summed E-state index contributed by atoms with van der Waals surface area (Å²) in [7, 11) is 0. The van der Waals surface area contributed by atoms with Crippen LogP contribution in [0.3, 0.4) is 0 Å². The maximum atomic E-state index is 11.9. The number of fused-ring (bicyclic) bond motifs is 1. The lowest BCUT2D eigenvalue weighted by Gasteiger charge is -2.19. The lowest BCUT2D eigenvalue weighted by atomic mass is 9.88. The van der Waals surface area contributed by atoms with Crippen LogP contribution in [0.1, 0.15) is 42.2 Å². The third-order valence-electron chi connectivity index (χ3n) is 3.76. The van der Waals surface area contributed by atoms with Crippen molar-refractivity contribution in [1.29, 1.82) is 0 Å². The Morgan fingerprint density at radius 2 is 2.37 bits per heavy atom. The summed E-state index contributed by atoms with van der Waals surface area (Å²) in [6.07, 6.45) is 5.61. The van der Waals surface area contributed by atoms with E-state index in [1.807, 2.05) is 0 Å². The molecule has 1 aromatic rings. The van der Waals surface area contributed by atoms with Gasteiger partial charge in [-0.05, 0) is 25.2 Å². The molecule has 0 unspecified atom stereocenters. The molecule has 2 heterocycles. The number of nitrogens with zero attached hydrogens (tertiary/aromatic N) is 2. The number of ether oxygens (including phenoxy) is 1. The van der Waals surface area contributed by atoms with Crippen LogP contribution in [0.4, 0.5) is 5.95 Å². The number of Topliss-reactive ketones (excluding diaryl/α,β-unsaturated/α-hetero) is 1. The minimum absolute atomic E-state index is 0.166. The number of ketones is 1. The van der Waals surface area contributed by atoms with Gasteiger partial charge in [0.2, 0.25) is 5.95 Å². The second kappa shape index (κ2) is 5.25. The summed E-state index contributed by atoms with van der Waals surface area (Å²) in [5, 5.41) is 3.21. The normalized spacial score (nSPS) is 26.3. The van der Waals surface area contributed by atoms with Gasteiger partial charge in [-0.1, -0.05) is 6.92 Å². The molecule has 1 saturated heterocycles. The van der Waals surface area contributed by atoms with Crippen molar-refractivity contribution in [2.75, 3.05) is 18.5 Å². The SMILES string of the molecule is C[C@H]1CC(=O)c2cnc(NC[C@@H]3CCCO3)nc2C1. The molecule has 0 bridgehead atoms. The van der Waals surface area contributed by atoms with E-state index in [1.165, 1.54) is 0 Å². The molecule has 1 aliphatic carbocycles. The van der Waals surface area contributed by atoms with E-state index < -0.39 is 0 Å². The highest BCUT2D eigenvalue weighted by molar-refractivity contribution is 5.98. The molecule has 1 fully saturated rings. The van der Waals surface area contributed by atoms with E-state index in [0.717, 1.165) is 38.1 Å². The van der Waals surface area contributed by atoms with Crippen LogP contribution in [0.25, 0.3) is 0 Å². The van der Waals surface area contributed by atoms with Gasteiger partial charge in [-0.3, -0.25) is 4.79 Å². The highest BCUT2D eigenvalue weighted by atomic mass is 16.5. The third kappa shape index (κ3) is 2.76. The van der Waals surface area contributed by atoms with Gasteiger partial charge in [0, 0.05) is 25.8 Å². The summed E-state index contributed by atoms with van der Waals surface area (Å²) < 4.78 is 5.55. The summed E-state index contributed by atoms with van der Waals surface area (Å²) in [5.41, 5.74) is 1.58. The molecule has 5 nitrogen and oxygen atoms in total. The minimum atomic E-state index is 0.166. The van der Waals surface area contributed by atoms with Crippen molar-refractivity contribution >= 4 is 11.7 Å².